The number of aliphatic hydroxyl groups excluding tert-OH is 16. The number of amides is 4. The summed E-state index contributed by atoms with van der Waals surface area (Å²) in [4.78, 5) is 49.2. The summed E-state index contributed by atoms with van der Waals surface area (Å²) in [6, 6.07) is -6.62. The molecule has 456 valence electrons. The van der Waals surface area contributed by atoms with Gasteiger partial charge in [0.25, 0.3) is 0 Å². The number of aliphatic hydroxyl groups is 16. The van der Waals surface area contributed by atoms with Gasteiger partial charge in [-0.2, -0.15) is 0 Å². The maximum atomic E-state index is 12.7. The van der Waals surface area contributed by atoms with Crippen molar-refractivity contribution in [1.29, 1.82) is 0 Å². The van der Waals surface area contributed by atoms with Crippen molar-refractivity contribution in [2.45, 2.75) is 212 Å². The molecule has 0 aromatic carbocycles. The Morgan fingerprint density at radius 1 is 0.304 bits per heavy atom. The van der Waals surface area contributed by atoms with Gasteiger partial charge in [-0.25, -0.2) is 0 Å². The summed E-state index contributed by atoms with van der Waals surface area (Å²) in [7, 11) is 0. The highest BCUT2D eigenvalue weighted by molar-refractivity contribution is 5.74. The van der Waals surface area contributed by atoms with Crippen molar-refractivity contribution in [3.05, 3.63) is 0 Å². The Morgan fingerprint density at radius 2 is 0.595 bits per heavy atom. The van der Waals surface area contributed by atoms with E-state index in [0.29, 0.717) is 0 Å². The highest BCUT2D eigenvalue weighted by Crippen LogP contribution is 2.37. The Morgan fingerprint density at radius 3 is 1.01 bits per heavy atom. The van der Waals surface area contributed by atoms with E-state index in [4.69, 9.17) is 52.1 Å². The van der Waals surface area contributed by atoms with Crippen LogP contribution in [-0.2, 0) is 71.3 Å². The Kier molecular flexibility index (Phi) is 23.3. The van der Waals surface area contributed by atoms with Crippen molar-refractivity contribution in [3.8, 4) is 0 Å². The molecule has 0 aliphatic carbocycles. The summed E-state index contributed by atoms with van der Waals surface area (Å²) in [6.45, 7) is -1.75. The first-order valence-electron chi connectivity index (χ1n) is 25.1. The van der Waals surface area contributed by atoms with E-state index in [-0.39, 0.29) is 0 Å². The van der Waals surface area contributed by atoms with Crippen molar-refractivity contribution in [3.63, 3.8) is 0 Å². The second-order valence-corrected chi connectivity index (χ2v) is 19.7. The molecule has 6 aliphatic heterocycles. The van der Waals surface area contributed by atoms with Crippen LogP contribution in [0.2, 0.25) is 0 Å². The predicted molar refractivity (Wildman–Crippen MR) is 246 cm³/mol. The number of ether oxygens (including phenoxy) is 11. The SMILES string of the molecule is CC(=O)N[C@H]1[C@H](O[C@H]2[C@H](O)[C@@H](NC(C)=O)C(O)O[C@@H]2CO)O[C@H](CO)[C@@H](O[C@@H]2O[C@H](CO)[C@@H](O)[C@H](O[C@H]3O[C@H](CO)[C@@H](O)[C@H](O)[C@@H]3O[C@@H]3O[C@H](CO)[C@@H](O[C@@H]4O[C@H](CO)[C@H](O)[C@H](O)[C@H]4NC(C)=O)[C@H](O)[C@H]3NC(C)=O)[C@@H]2O)[C@@H]1O. The third kappa shape index (κ3) is 14.6. The third-order valence-corrected chi connectivity index (χ3v) is 14.0. The van der Waals surface area contributed by atoms with Crippen LogP contribution >= 0.6 is 0 Å². The smallest absolute Gasteiger partial charge is 0.217 e. The molecule has 35 nitrogen and oxygen atoms in total. The van der Waals surface area contributed by atoms with Gasteiger partial charge in [0.1, 0.15) is 146 Å². The van der Waals surface area contributed by atoms with Crippen LogP contribution in [0.15, 0.2) is 0 Å². The first kappa shape index (κ1) is 65.0. The largest absolute Gasteiger partial charge is 0.394 e. The van der Waals surface area contributed by atoms with Gasteiger partial charge in [-0.15, -0.1) is 0 Å². The average molecular weight is 1160 g/mol. The van der Waals surface area contributed by atoms with Gasteiger partial charge < -0.3 is 155 Å². The van der Waals surface area contributed by atoms with E-state index in [0.717, 1.165) is 27.7 Å². The fourth-order valence-corrected chi connectivity index (χ4v) is 10.1. The maximum Gasteiger partial charge on any atom is 0.217 e. The molecule has 6 rings (SSSR count). The van der Waals surface area contributed by atoms with E-state index in [1.54, 1.807) is 0 Å². The minimum atomic E-state index is -2.28. The van der Waals surface area contributed by atoms with E-state index >= 15 is 0 Å². The number of nitrogens with one attached hydrogen (secondary N) is 4. The van der Waals surface area contributed by atoms with Gasteiger partial charge in [-0.05, 0) is 0 Å². The second-order valence-electron chi connectivity index (χ2n) is 19.7. The van der Waals surface area contributed by atoms with E-state index < -0.39 is 247 Å². The van der Waals surface area contributed by atoms with Gasteiger partial charge in [-0.1, -0.05) is 0 Å². The van der Waals surface area contributed by atoms with Crippen molar-refractivity contribution >= 4 is 23.6 Å². The van der Waals surface area contributed by atoms with Crippen LogP contribution in [0.3, 0.4) is 0 Å². The van der Waals surface area contributed by atoms with Crippen molar-refractivity contribution < 1.29 is 153 Å². The molecule has 6 aliphatic rings. The second kappa shape index (κ2) is 28.4. The summed E-state index contributed by atoms with van der Waals surface area (Å²) in [5.74, 6) is -3.13. The van der Waals surface area contributed by atoms with Crippen LogP contribution in [0.1, 0.15) is 27.7 Å². The molecule has 30 atom stereocenters. The Bertz CT molecular complexity index is 1990. The van der Waals surface area contributed by atoms with Gasteiger partial charge in [0.05, 0.1) is 39.6 Å². The zero-order valence-electron chi connectivity index (χ0n) is 42.8. The van der Waals surface area contributed by atoms with Gasteiger partial charge in [0.15, 0.2) is 37.7 Å². The molecule has 6 fully saturated rings. The van der Waals surface area contributed by atoms with E-state index in [9.17, 15) is 101 Å². The lowest BCUT2D eigenvalue weighted by Crippen LogP contribution is -2.71. The zero-order chi connectivity index (χ0) is 58.5. The van der Waals surface area contributed by atoms with Crippen molar-refractivity contribution in [2.75, 3.05) is 39.6 Å². The van der Waals surface area contributed by atoms with Crippen LogP contribution in [0.25, 0.3) is 0 Å². The topological polar surface area (TPSA) is 542 Å². The van der Waals surface area contributed by atoms with Crippen LogP contribution in [0.5, 0.6) is 0 Å². The molecule has 0 aromatic heterocycles. The quantitative estimate of drug-likeness (QED) is 0.0538. The summed E-state index contributed by atoms with van der Waals surface area (Å²) in [5, 5.41) is 184. The van der Waals surface area contributed by atoms with Gasteiger partial charge >= 0.3 is 0 Å². The summed E-state index contributed by atoms with van der Waals surface area (Å²) < 4.78 is 64.2. The molecular weight excluding hydrogens is 1080 g/mol. The number of carbonyl (C=O) groups is 4. The Balaban J connectivity index is 1.25. The zero-order valence-corrected chi connectivity index (χ0v) is 42.8. The van der Waals surface area contributed by atoms with E-state index in [1.165, 1.54) is 0 Å². The van der Waals surface area contributed by atoms with Crippen molar-refractivity contribution in [1.82, 2.24) is 21.3 Å². The lowest BCUT2D eigenvalue weighted by Gasteiger charge is -2.51. The lowest BCUT2D eigenvalue weighted by atomic mass is 9.93. The van der Waals surface area contributed by atoms with Crippen molar-refractivity contribution in [2.24, 2.45) is 0 Å². The molecule has 0 saturated carbocycles. The summed E-state index contributed by atoms with van der Waals surface area (Å²) in [6.07, 6.45) is -49.3. The number of carbonyl (C=O) groups excluding carboxylic acids is 4. The molecule has 79 heavy (non-hydrogen) atoms. The Labute approximate surface area is 448 Å². The van der Waals surface area contributed by atoms with Gasteiger partial charge in [-0.3, -0.25) is 19.2 Å². The maximum absolute atomic E-state index is 12.7. The Hall–Kier alpha value is -3.20. The summed E-state index contributed by atoms with van der Waals surface area (Å²) in [5.41, 5.74) is 0. The molecule has 6 saturated heterocycles. The molecule has 1 unspecified atom stereocenters. The fraction of sp³-hybridized carbons (Fsp3) is 0.909. The number of hydrogen-bond acceptors (Lipinski definition) is 31. The van der Waals surface area contributed by atoms with Crippen LogP contribution in [0.4, 0.5) is 0 Å². The first-order chi connectivity index (χ1) is 37.3. The first-order valence-corrected chi connectivity index (χ1v) is 25.1. The molecule has 4 amide bonds. The number of hydrogen-bond donors (Lipinski definition) is 20. The van der Waals surface area contributed by atoms with Crippen LogP contribution < -0.4 is 21.3 Å². The van der Waals surface area contributed by atoms with Gasteiger partial charge in [0.2, 0.25) is 23.6 Å². The highest BCUT2D eigenvalue weighted by atomic mass is 16.8. The number of rotatable bonds is 20. The molecule has 0 radical (unpaired) electrons. The minimum Gasteiger partial charge on any atom is -0.394 e. The van der Waals surface area contributed by atoms with E-state index in [1.807, 2.05) is 0 Å². The average Bonchev–Trinajstić information content (AvgIpc) is 3.58. The summed E-state index contributed by atoms with van der Waals surface area (Å²) >= 11 is 0. The molecule has 0 aromatic rings. The fourth-order valence-electron chi connectivity index (χ4n) is 10.1. The standard InChI is InChI=1S/C44H74N4O31/c1-11(55)45-21-29(63)34(18(8-52)69-39(21)68)75-41-23(47-13(3)57)31(65)36(20(10-54)73-41)77-43-33(67)37(27(61)17(7-51)71-43)78-44-38(32(66)26(60)16(6-50)72-44)79-42-24(48-14(4)58)30(64)35(19(9-53)74-42)76-40-22(46-12(2)56)28(62)25(59)15(5-49)70-40/h15-44,49-54,59-68H,5-10H2,1-4H3,(H,45,55)(H,46,56)(H,47,57)(H,48,58)/t15-,16-,17-,18-,19-,20-,21-,22-,23-,24-,25+,26-,27-,28-,29-,30-,31-,32+,33+,34-,35-,36-,37+,38+,39?,40+,41+,42+,43+,44-/m1/s1. The normalized spacial score (nSPS) is 46.7. The van der Waals surface area contributed by atoms with E-state index in [2.05, 4.69) is 21.3 Å². The van der Waals surface area contributed by atoms with Crippen LogP contribution in [0, 0.1) is 0 Å². The van der Waals surface area contributed by atoms with Crippen LogP contribution in [-0.4, -0.2) is 329 Å². The third-order valence-electron chi connectivity index (χ3n) is 14.0. The highest BCUT2D eigenvalue weighted by Gasteiger charge is 2.58. The molecule has 35 heteroatoms. The molecular formula is C44H74N4O31. The molecule has 0 spiro atoms. The van der Waals surface area contributed by atoms with Gasteiger partial charge in [0, 0.05) is 27.7 Å². The predicted octanol–water partition coefficient (Wildman–Crippen LogP) is -13.5. The monoisotopic (exact) mass is 1150 g/mol. The minimum absolute atomic E-state index is 0.711. The lowest BCUT2D eigenvalue weighted by molar-refractivity contribution is -0.394. The molecule has 6 heterocycles. The molecule has 0 bridgehead atoms. The molecule has 20 N–H and O–H groups in total.